The van der Waals surface area contributed by atoms with E-state index in [1.165, 1.54) is 0 Å². The number of unbranched alkanes of at least 4 members (excludes halogenated alkanes) is 1. The number of benzene rings is 2. The van der Waals surface area contributed by atoms with E-state index in [1.807, 2.05) is 12.1 Å². The number of nitrogens with two attached hydrogens (primary N) is 1. The number of carboxylic acid groups (broad SMARTS) is 1. The lowest BCUT2D eigenvalue weighted by Gasteiger charge is -2.10. The Morgan fingerprint density at radius 3 is 2.73 bits per heavy atom. The molecule has 1 heterocycles. The summed E-state index contributed by atoms with van der Waals surface area (Å²) in [6.07, 6.45) is 2.60. The van der Waals surface area contributed by atoms with E-state index in [-0.39, 0.29) is 5.56 Å². The van der Waals surface area contributed by atoms with E-state index < -0.39 is 5.97 Å². The Labute approximate surface area is 156 Å². The average molecular weight is 373 g/mol. The molecule has 0 aliphatic rings. The first-order valence-corrected chi connectivity index (χ1v) is 8.84. The van der Waals surface area contributed by atoms with Gasteiger partial charge in [-0.25, -0.2) is 4.79 Å². The van der Waals surface area contributed by atoms with Gasteiger partial charge in [0.2, 0.25) is 0 Å². The summed E-state index contributed by atoms with van der Waals surface area (Å²) in [5.41, 5.74) is 9.60. The standard InChI is InChI=1S/C20H21ClN2O3/c1-26-18-8-6-13(21)11-16(18)19-14(4-2-3-9-22)15-10-12(20(24)25)5-7-17(15)23-19/h5-8,10-11,23H,2-4,9,22H2,1H3,(H,24,25). The van der Waals surface area contributed by atoms with E-state index in [2.05, 4.69) is 4.98 Å². The van der Waals surface area contributed by atoms with Crippen LogP contribution < -0.4 is 10.5 Å². The summed E-state index contributed by atoms with van der Waals surface area (Å²) in [6.45, 7) is 0.624. The van der Waals surface area contributed by atoms with Crippen molar-refractivity contribution in [1.29, 1.82) is 0 Å². The number of carbonyl (C=O) groups is 1. The Morgan fingerprint density at radius 2 is 2.04 bits per heavy atom. The van der Waals surface area contributed by atoms with Crippen LogP contribution in [0.5, 0.6) is 5.75 Å². The SMILES string of the molecule is COc1ccc(Cl)cc1-c1[nH]c2ccc(C(=O)O)cc2c1CCCCN. The Balaban J connectivity index is 2.22. The van der Waals surface area contributed by atoms with Crippen LogP contribution in [0, 0.1) is 0 Å². The fourth-order valence-electron chi connectivity index (χ4n) is 3.19. The number of nitrogens with one attached hydrogen (secondary N) is 1. The lowest BCUT2D eigenvalue weighted by molar-refractivity contribution is 0.0697. The number of hydrogen-bond acceptors (Lipinski definition) is 3. The molecule has 0 saturated heterocycles. The van der Waals surface area contributed by atoms with Crippen LogP contribution in [0.25, 0.3) is 22.2 Å². The maximum absolute atomic E-state index is 11.4. The van der Waals surface area contributed by atoms with Crippen LogP contribution in [0.4, 0.5) is 0 Å². The molecule has 2 aromatic carbocycles. The molecule has 3 rings (SSSR count). The number of ether oxygens (including phenoxy) is 1. The zero-order chi connectivity index (χ0) is 18.7. The summed E-state index contributed by atoms with van der Waals surface area (Å²) in [5, 5.41) is 10.8. The van der Waals surface area contributed by atoms with E-state index in [4.69, 9.17) is 22.1 Å². The minimum Gasteiger partial charge on any atom is -0.496 e. The molecule has 0 aliphatic heterocycles. The second kappa shape index (κ2) is 7.81. The van der Waals surface area contributed by atoms with Crippen molar-refractivity contribution in [3.63, 3.8) is 0 Å². The highest BCUT2D eigenvalue weighted by Gasteiger charge is 2.18. The molecule has 3 aromatic rings. The van der Waals surface area contributed by atoms with Gasteiger partial charge >= 0.3 is 5.97 Å². The van der Waals surface area contributed by atoms with Gasteiger partial charge in [0.25, 0.3) is 0 Å². The van der Waals surface area contributed by atoms with Gasteiger partial charge in [0.15, 0.2) is 0 Å². The molecular weight excluding hydrogens is 352 g/mol. The number of carboxylic acids is 1. The second-order valence-corrected chi connectivity index (χ2v) is 6.57. The first-order chi connectivity index (χ1) is 12.5. The van der Waals surface area contributed by atoms with Crippen LogP contribution in [0.1, 0.15) is 28.8 Å². The predicted molar refractivity (Wildman–Crippen MR) is 104 cm³/mol. The molecule has 0 aliphatic carbocycles. The molecule has 0 spiro atoms. The Kier molecular flexibility index (Phi) is 5.49. The zero-order valence-electron chi connectivity index (χ0n) is 14.5. The molecule has 5 nitrogen and oxygen atoms in total. The van der Waals surface area contributed by atoms with Crippen molar-refractivity contribution in [2.45, 2.75) is 19.3 Å². The van der Waals surface area contributed by atoms with Crippen molar-refractivity contribution in [3.8, 4) is 17.0 Å². The normalized spacial score (nSPS) is 11.0. The van der Waals surface area contributed by atoms with Crippen LogP contribution >= 0.6 is 11.6 Å². The van der Waals surface area contributed by atoms with Crippen LogP contribution in [0.2, 0.25) is 5.02 Å². The Hall–Kier alpha value is -2.50. The first kappa shape index (κ1) is 18.3. The van der Waals surface area contributed by atoms with Crippen LogP contribution in [0.3, 0.4) is 0 Å². The fraction of sp³-hybridized carbons (Fsp3) is 0.250. The number of H-pyrrole nitrogens is 1. The van der Waals surface area contributed by atoms with Crippen molar-refractivity contribution in [2.24, 2.45) is 5.73 Å². The molecular formula is C20H21ClN2O3. The van der Waals surface area contributed by atoms with E-state index in [0.717, 1.165) is 47.0 Å². The van der Waals surface area contributed by atoms with Crippen molar-refractivity contribution < 1.29 is 14.6 Å². The molecule has 4 N–H and O–H groups in total. The Bertz CT molecular complexity index is 950. The molecule has 6 heteroatoms. The van der Waals surface area contributed by atoms with Gasteiger partial charge in [-0.15, -0.1) is 0 Å². The fourth-order valence-corrected chi connectivity index (χ4v) is 3.36. The molecule has 1 aromatic heterocycles. The van der Waals surface area contributed by atoms with Crippen LogP contribution in [0.15, 0.2) is 36.4 Å². The molecule has 136 valence electrons. The lowest BCUT2D eigenvalue weighted by atomic mass is 9.99. The van der Waals surface area contributed by atoms with Gasteiger partial charge in [-0.05, 0) is 67.8 Å². The molecule has 0 amide bonds. The number of fused-ring (bicyclic) bond motifs is 1. The van der Waals surface area contributed by atoms with Crippen molar-refractivity contribution in [3.05, 3.63) is 52.5 Å². The summed E-state index contributed by atoms with van der Waals surface area (Å²) >= 11 is 6.20. The molecule has 0 bridgehead atoms. The van der Waals surface area contributed by atoms with E-state index in [0.29, 0.717) is 17.3 Å². The number of hydrogen-bond donors (Lipinski definition) is 3. The van der Waals surface area contributed by atoms with Gasteiger partial charge in [0.05, 0.1) is 18.4 Å². The maximum Gasteiger partial charge on any atom is 0.335 e. The summed E-state index contributed by atoms with van der Waals surface area (Å²) in [6, 6.07) is 10.6. The number of aryl methyl sites for hydroxylation is 1. The molecule has 26 heavy (non-hydrogen) atoms. The number of aromatic nitrogens is 1. The third kappa shape index (κ3) is 3.54. The molecule has 0 atom stereocenters. The van der Waals surface area contributed by atoms with E-state index in [9.17, 15) is 9.90 Å². The summed E-state index contributed by atoms with van der Waals surface area (Å²) in [5.74, 6) is -0.234. The minimum atomic E-state index is -0.942. The minimum absolute atomic E-state index is 0.265. The smallest absolute Gasteiger partial charge is 0.335 e. The van der Waals surface area contributed by atoms with Gasteiger partial charge in [0, 0.05) is 21.5 Å². The zero-order valence-corrected chi connectivity index (χ0v) is 15.3. The number of aromatic carboxylic acids is 1. The number of halogens is 1. The lowest BCUT2D eigenvalue weighted by Crippen LogP contribution is -2.00. The third-order valence-corrected chi connectivity index (χ3v) is 4.70. The van der Waals surface area contributed by atoms with Gasteiger partial charge in [-0.3, -0.25) is 0 Å². The monoisotopic (exact) mass is 372 g/mol. The summed E-state index contributed by atoms with van der Waals surface area (Å²) in [4.78, 5) is 14.8. The summed E-state index contributed by atoms with van der Waals surface area (Å²) in [7, 11) is 1.62. The van der Waals surface area contributed by atoms with Gasteiger partial charge in [-0.2, -0.15) is 0 Å². The van der Waals surface area contributed by atoms with Gasteiger partial charge < -0.3 is 20.6 Å². The van der Waals surface area contributed by atoms with Crippen LogP contribution in [-0.4, -0.2) is 29.7 Å². The van der Waals surface area contributed by atoms with Crippen LogP contribution in [-0.2, 0) is 6.42 Å². The topological polar surface area (TPSA) is 88.3 Å². The predicted octanol–water partition coefficient (Wildman–Crippen LogP) is 4.48. The Morgan fingerprint density at radius 1 is 1.23 bits per heavy atom. The second-order valence-electron chi connectivity index (χ2n) is 6.13. The molecule has 0 unspecified atom stereocenters. The maximum atomic E-state index is 11.4. The first-order valence-electron chi connectivity index (χ1n) is 8.47. The molecule has 0 fully saturated rings. The van der Waals surface area contributed by atoms with Gasteiger partial charge in [0.1, 0.15) is 5.75 Å². The van der Waals surface area contributed by atoms with E-state index in [1.54, 1.807) is 31.4 Å². The van der Waals surface area contributed by atoms with Crippen molar-refractivity contribution in [2.75, 3.05) is 13.7 Å². The number of methoxy groups -OCH3 is 1. The molecule has 0 radical (unpaired) electrons. The average Bonchev–Trinajstić information content (AvgIpc) is 2.99. The largest absolute Gasteiger partial charge is 0.496 e. The van der Waals surface area contributed by atoms with E-state index >= 15 is 0 Å². The number of rotatable bonds is 7. The molecule has 0 saturated carbocycles. The highest BCUT2D eigenvalue weighted by Crippen LogP contribution is 2.38. The third-order valence-electron chi connectivity index (χ3n) is 4.46. The quantitative estimate of drug-likeness (QED) is 0.533. The highest BCUT2D eigenvalue weighted by atomic mass is 35.5. The van der Waals surface area contributed by atoms with Crippen molar-refractivity contribution in [1.82, 2.24) is 4.98 Å². The van der Waals surface area contributed by atoms with Crippen molar-refractivity contribution >= 4 is 28.5 Å². The highest BCUT2D eigenvalue weighted by molar-refractivity contribution is 6.31. The summed E-state index contributed by atoms with van der Waals surface area (Å²) < 4.78 is 5.50. The number of aromatic amines is 1. The van der Waals surface area contributed by atoms with Gasteiger partial charge in [-0.1, -0.05) is 11.6 Å².